The molecule has 1 aromatic heterocycles. The van der Waals surface area contributed by atoms with E-state index in [1.807, 2.05) is 36.1 Å². The van der Waals surface area contributed by atoms with Crippen LogP contribution in [0.15, 0.2) is 28.8 Å². The fraction of sp³-hybridized carbons (Fsp3) is 0.500. The maximum absolute atomic E-state index is 12.5. The summed E-state index contributed by atoms with van der Waals surface area (Å²) >= 11 is 0. The summed E-state index contributed by atoms with van der Waals surface area (Å²) in [6, 6.07) is 6.95. The van der Waals surface area contributed by atoms with Crippen LogP contribution in [0.25, 0.3) is 11.4 Å². The highest BCUT2D eigenvalue weighted by molar-refractivity contribution is 5.74. The molecule has 1 atom stereocenters. The first-order valence-electron chi connectivity index (χ1n) is 8.79. The second kappa shape index (κ2) is 8.18. The lowest BCUT2D eigenvalue weighted by Gasteiger charge is -2.22. The van der Waals surface area contributed by atoms with E-state index in [4.69, 9.17) is 9.26 Å². The molecule has 1 N–H and O–H groups in total. The van der Waals surface area contributed by atoms with E-state index >= 15 is 0 Å². The lowest BCUT2D eigenvalue weighted by Crippen LogP contribution is -2.42. The molecule has 26 heavy (non-hydrogen) atoms. The van der Waals surface area contributed by atoms with Crippen LogP contribution in [0.4, 0.5) is 4.79 Å². The minimum Gasteiger partial charge on any atom is -0.497 e. The van der Waals surface area contributed by atoms with E-state index in [0.29, 0.717) is 11.7 Å². The Morgan fingerprint density at radius 2 is 2.00 bits per heavy atom. The molecule has 8 heteroatoms. The Morgan fingerprint density at radius 3 is 2.73 bits per heavy atom. The zero-order valence-electron chi connectivity index (χ0n) is 15.4. The molecule has 2 amide bonds. The van der Waals surface area contributed by atoms with Crippen molar-refractivity contribution in [3.63, 3.8) is 0 Å². The Morgan fingerprint density at radius 1 is 1.23 bits per heavy atom. The molecule has 1 saturated heterocycles. The van der Waals surface area contributed by atoms with Gasteiger partial charge in [0.15, 0.2) is 0 Å². The number of nitrogens with one attached hydrogen (secondary N) is 1. The highest BCUT2D eigenvalue weighted by Gasteiger charge is 2.22. The molecule has 2 heterocycles. The van der Waals surface area contributed by atoms with Crippen molar-refractivity contribution in [3.8, 4) is 17.1 Å². The molecule has 3 rings (SSSR count). The van der Waals surface area contributed by atoms with Gasteiger partial charge in [0.05, 0.1) is 7.11 Å². The number of likely N-dealkylation sites (N-methyl/N-ethyl adjacent to an activating group) is 1. The average Bonchev–Trinajstić information content (AvgIpc) is 3.04. The third-order valence-corrected chi connectivity index (χ3v) is 4.51. The number of hydrogen-bond acceptors (Lipinski definition) is 6. The van der Waals surface area contributed by atoms with Crippen LogP contribution in [0, 0.1) is 0 Å². The maximum Gasteiger partial charge on any atom is 0.318 e. The van der Waals surface area contributed by atoms with E-state index in [2.05, 4.69) is 27.4 Å². The van der Waals surface area contributed by atoms with Crippen LogP contribution in [-0.2, 0) is 0 Å². The number of benzene rings is 1. The van der Waals surface area contributed by atoms with Crippen LogP contribution in [-0.4, -0.2) is 66.3 Å². The Labute approximate surface area is 153 Å². The molecule has 0 bridgehead atoms. The quantitative estimate of drug-likeness (QED) is 0.901. The molecule has 1 unspecified atom stereocenters. The van der Waals surface area contributed by atoms with Gasteiger partial charge in [-0.1, -0.05) is 5.16 Å². The highest BCUT2D eigenvalue weighted by atomic mass is 16.5. The van der Waals surface area contributed by atoms with Gasteiger partial charge in [-0.05, 0) is 51.2 Å². The Hall–Kier alpha value is -2.61. The molecule has 140 valence electrons. The second-order valence-electron chi connectivity index (χ2n) is 6.50. The lowest BCUT2D eigenvalue weighted by atomic mass is 10.2. The van der Waals surface area contributed by atoms with Gasteiger partial charge in [-0.25, -0.2) is 4.79 Å². The zero-order chi connectivity index (χ0) is 18.5. The molecule has 0 aliphatic carbocycles. The normalized spacial score (nSPS) is 16.8. The standard InChI is InChI=1S/C18H25N5O3/c1-13(19-18(24)23-10-4-9-22(2)11-12-23)17-20-16(21-26-17)14-5-7-15(25-3)8-6-14/h5-8,13H,4,9-12H2,1-3H3,(H,19,24). The summed E-state index contributed by atoms with van der Waals surface area (Å²) < 4.78 is 10.5. The molecule has 2 aromatic rings. The first-order valence-corrected chi connectivity index (χ1v) is 8.79. The molecule has 0 radical (unpaired) electrons. The van der Waals surface area contributed by atoms with E-state index in [1.165, 1.54) is 0 Å². The summed E-state index contributed by atoms with van der Waals surface area (Å²) in [5.41, 5.74) is 0.829. The summed E-state index contributed by atoms with van der Waals surface area (Å²) in [5.74, 6) is 1.64. The van der Waals surface area contributed by atoms with Crippen molar-refractivity contribution in [3.05, 3.63) is 30.2 Å². The monoisotopic (exact) mass is 359 g/mol. The van der Waals surface area contributed by atoms with Crippen molar-refractivity contribution in [1.82, 2.24) is 25.3 Å². The zero-order valence-corrected chi connectivity index (χ0v) is 15.4. The van der Waals surface area contributed by atoms with E-state index in [1.54, 1.807) is 7.11 Å². The number of carbonyl (C=O) groups is 1. The van der Waals surface area contributed by atoms with Crippen LogP contribution in [0.3, 0.4) is 0 Å². The van der Waals surface area contributed by atoms with E-state index in [9.17, 15) is 4.79 Å². The number of nitrogens with zero attached hydrogens (tertiary/aromatic N) is 4. The predicted molar refractivity (Wildman–Crippen MR) is 96.9 cm³/mol. The Balaban J connectivity index is 1.62. The topological polar surface area (TPSA) is 83.7 Å². The molecular weight excluding hydrogens is 334 g/mol. The number of aromatic nitrogens is 2. The van der Waals surface area contributed by atoms with Crippen molar-refractivity contribution in [2.75, 3.05) is 40.3 Å². The summed E-state index contributed by atoms with van der Waals surface area (Å²) in [7, 11) is 3.69. The number of urea groups is 1. The van der Waals surface area contributed by atoms with Crippen molar-refractivity contribution >= 4 is 6.03 Å². The van der Waals surface area contributed by atoms with Gasteiger partial charge < -0.3 is 24.4 Å². The average molecular weight is 359 g/mol. The van der Waals surface area contributed by atoms with Gasteiger partial charge in [-0.3, -0.25) is 0 Å². The third kappa shape index (κ3) is 4.32. The number of rotatable bonds is 4. The van der Waals surface area contributed by atoms with Crippen molar-refractivity contribution < 1.29 is 14.1 Å². The van der Waals surface area contributed by atoms with Gasteiger partial charge in [0, 0.05) is 25.2 Å². The summed E-state index contributed by atoms with van der Waals surface area (Å²) in [4.78, 5) is 21.0. The molecule has 1 aliphatic rings. The molecule has 1 aliphatic heterocycles. The van der Waals surface area contributed by atoms with Crippen LogP contribution in [0.2, 0.25) is 0 Å². The molecule has 0 saturated carbocycles. The third-order valence-electron chi connectivity index (χ3n) is 4.51. The van der Waals surface area contributed by atoms with Gasteiger partial charge in [0.25, 0.3) is 0 Å². The molecule has 8 nitrogen and oxygen atoms in total. The molecule has 0 spiro atoms. The molecule has 1 aromatic carbocycles. The van der Waals surface area contributed by atoms with Crippen LogP contribution >= 0.6 is 0 Å². The smallest absolute Gasteiger partial charge is 0.318 e. The van der Waals surface area contributed by atoms with Crippen molar-refractivity contribution in [2.24, 2.45) is 0 Å². The van der Waals surface area contributed by atoms with Crippen molar-refractivity contribution in [1.29, 1.82) is 0 Å². The van der Waals surface area contributed by atoms with Crippen LogP contribution < -0.4 is 10.1 Å². The van der Waals surface area contributed by atoms with Crippen LogP contribution in [0.1, 0.15) is 25.3 Å². The highest BCUT2D eigenvalue weighted by Crippen LogP contribution is 2.21. The van der Waals surface area contributed by atoms with Gasteiger partial charge in [0.2, 0.25) is 11.7 Å². The SMILES string of the molecule is COc1ccc(-c2noc(C(C)NC(=O)N3CCCN(C)CC3)n2)cc1. The summed E-state index contributed by atoms with van der Waals surface area (Å²) in [6.45, 7) is 5.20. The van der Waals surface area contributed by atoms with Gasteiger partial charge in [-0.2, -0.15) is 4.98 Å². The lowest BCUT2D eigenvalue weighted by molar-refractivity contribution is 0.193. The number of methoxy groups -OCH3 is 1. The largest absolute Gasteiger partial charge is 0.497 e. The van der Waals surface area contributed by atoms with Crippen LogP contribution in [0.5, 0.6) is 5.75 Å². The Kier molecular flexibility index (Phi) is 5.72. The minimum atomic E-state index is -0.358. The molecular formula is C18H25N5O3. The fourth-order valence-corrected chi connectivity index (χ4v) is 2.86. The minimum absolute atomic E-state index is 0.100. The Bertz CT molecular complexity index is 731. The number of amides is 2. The first kappa shape index (κ1) is 18.2. The number of hydrogen-bond donors (Lipinski definition) is 1. The number of carbonyl (C=O) groups excluding carboxylic acids is 1. The first-order chi connectivity index (χ1) is 12.6. The van der Waals surface area contributed by atoms with Gasteiger partial charge in [0.1, 0.15) is 11.8 Å². The second-order valence-corrected chi connectivity index (χ2v) is 6.50. The van der Waals surface area contributed by atoms with Gasteiger partial charge in [-0.15, -0.1) is 0 Å². The number of ether oxygens (including phenoxy) is 1. The molecule has 1 fully saturated rings. The van der Waals surface area contributed by atoms with Crippen molar-refractivity contribution in [2.45, 2.75) is 19.4 Å². The van der Waals surface area contributed by atoms with E-state index < -0.39 is 0 Å². The fourth-order valence-electron chi connectivity index (χ4n) is 2.86. The summed E-state index contributed by atoms with van der Waals surface area (Å²) in [6.07, 6.45) is 0.973. The summed E-state index contributed by atoms with van der Waals surface area (Å²) in [5, 5.41) is 6.95. The van der Waals surface area contributed by atoms with E-state index in [0.717, 1.165) is 43.9 Å². The van der Waals surface area contributed by atoms with E-state index in [-0.39, 0.29) is 12.1 Å². The van der Waals surface area contributed by atoms with Gasteiger partial charge >= 0.3 is 6.03 Å². The maximum atomic E-state index is 12.5. The predicted octanol–water partition coefficient (Wildman–Crippen LogP) is 2.15.